The lowest BCUT2D eigenvalue weighted by Crippen LogP contribution is -2.52. The van der Waals surface area contributed by atoms with Crippen LogP contribution in [-0.4, -0.2) is 55.1 Å². The number of piperidine rings is 1. The third-order valence-electron chi connectivity index (χ3n) is 18.6. The highest BCUT2D eigenvalue weighted by molar-refractivity contribution is 6.07. The summed E-state index contributed by atoms with van der Waals surface area (Å²) in [6, 6.07) is 33.8. The van der Waals surface area contributed by atoms with Gasteiger partial charge in [0, 0.05) is 30.2 Å². The molecule has 10 aliphatic rings. The lowest BCUT2D eigenvalue weighted by Gasteiger charge is -2.56. The molecule has 0 radical (unpaired) electrons. The molecule has 14 rings (SSSR count). The fraction of sp³-hybridized carbons (Fsp3) is 0.452. The smallest absolute Gasteiger partial charge is 0.340 e. The second kappa shape index (κ2) is 19.1. The van der Waals surface area contributed by atoms with Gasteiger partial charge in [0.2, 0.25) is 0 Å². The van der Waals surface area contributed by atoms with E-state index in [4.69, 9.17) is 9.47 Å². The normalized spacial score (nSPS) is 31.2. The number of aromatic hydroxyl groups is 1. The monoisotopic (exact) mass is 952 g/mol. The summed E-state index contributed by atoms with van der Waals surface area (Å²) >= 11 is 0. The van der Waals surface area contributed by atoms with Crippen molar-refractivity contribution >= 4 is 17.5 Å². The first kappa shape index (κ1) is 46.5. The van der Waals surface area contributed by atoms with Crippen LogP contribution in [0, 0.1) is 46.3 Å². The van der Waals surface area contributed by atoms with E-state index in [9.17, 15) is 15.0 Å². The number of carbonyl (C=O) groups is 2. The van der Waals surface area contributed by atoms with Gasteiger partial charge in [-0.05, 0) is 220 Å². The molecular weight excluding hydrogens is 883 g/mol. The fourth-order valence-electron chi connectivity index (χ4n) is 15.5. The SMILES string of the molecule is CNC1CC(C23CC=C4OC(=O)C5=C4CCC4C6CCC7(C(=CC(CCO)Cc8ccccc8)OC(=O)C7=C6c6cc(O)ccc6-c6cccc(c6)CNCCc6cccc(c6)CC(CC2)C3)C54)CCN1. The maximum Gasteiger partial charge on any atom is 0.340 e. The molecule has 5 N–H and O–H groups in total. The van der Waals surface area contributed by atoms with Gasteiger partial charge in [0.15, 0.2) is 0 Å². The molecule has 2 saturated carbocycles. The van der Waals surface area contributed by atoms with Crippen molar-refractivity contribution in [3.8, 4) is 16.9 Å². The zero-order valence-electron chi connectivity index (χ0n) is 41.2. The Bertz CT molecular complexity index is 2860. The van der Waals surface area contributed by atoms with Crippen molar-refractivity contribution in [3.05, 3.63) is 165 Å². The quantitative estimate of drug-likeness (QED) is 0.115. The number of aliphatic hydroxyl groups is 1. The van der Waals surface area contributed by atoms with E-state index in [-0.39, 0.29) is 59.5 Å². The Morgan fingerprint density at radius 1 is 0.831 bits per heavy atom. The second-order valence-electron chi connectivity index (χ2n) is 22.4. The Hall–Kier alpha value is -5.58. The third-order valence-corrected chi connectivity index (χ3v) is 18.6. The first-order valence-electron chi connectivity index (χ1n) is 26.8. The van der Waals surface area contributed by atoms with Crippen LogP contribution in [-0.2, 0) is 44.9 Å². The van der Waals surface area contributed by atoms with Crippen molar-refractivity contribution in [1.82, 2.24) is 16.0 Å². The predicted octanol–water partition coefficient (Wildman–Crippen LogP) is 10.3. The van der Waals surface area contributed by atoms with E-state index in [1.54, 1.807) is 6.07 Å². The van der Waals surface area contributed by atoms with Crippen molar-refractivity contribution in [1.29, 1.82) is 0 Å². The summed E-state index contributed by atoms with van der Waals surface area (Å²) in [7, 11) is 2.06. The van der Waals surface area contributed by atoms with Crippen LogP contribution in [0.1, 0.15) is 98.4 Å². The first-order valence-corrected chi connectivity index (χ1v) is 26.8. The Labute approximate surface area is 418 Å². The molecule has 0 amide bonds. The summed E-state index contributed by atoms with van der Waals surface area (Å²) in [5.41, 5.74) is 10.4. The average Bonchev–Trinajstić information content (AvgIpc) is 4.06. The average molecular weight is 952 g/mol. The van der Waals surface area contributed by atoms with Crippen LogP contribution in [0.5, 0.6) is 5.75 Å². The zero-order chi connectivity index (χ0) is 48.3. The standard InChI is InChI=1S/C62H69N3O6/c1-63-54-34-45(21-27-65-54)61-23-17-42(36-61)31-40-10-5-9-39(30-40)20-26-64-37-43-11-6-12-44(32-43)47-14-13-46(67)35-51(47)55-48-18-25-62(57-49(48)15-16-50-52(19-24-61)70-59(68)56(50)57)53(71-60(69)58(55)62)33-41(22-28-66)29-38-7-3-2-4-8-38/h2-14,19,30,32-33,35,41-42,45,48-49,54,57,63-67H,15-18,20-29,31,34,36-37H2,1H3. The van der Waals surface area contributed by atoms with Gasteiger partial charge in [0.25, 0.3) is 0 Å². The largest absolute Gasteiger partial charge is 0.508 e. The molecular formula is C62H69N3O6. The lowest BCUT2D eigenvalue weighted by molar-refractivity contribution is -0.135. The molecule has 5 aliphatic heterocycles. The molecule has 4 aromatic carbocycles. The topological polar surface area (TPSA) is 129 Å². The zero-order valence-corrected chi connectivity index (χ0v) is 41.2. The molecule has 71 heavy (non-hydrogen) atoms. The number of phenolic OH excluding ortho intramolecular Hbond substituents is 1. The maximum absolute atomic E-state index is 15.2. The van der Waals surface area contributed by atoms with Crippen LogP contribution >= 0.6 is 0 Å². The summed E-state index contributed by atoms with van der Waals surface area (Å²) in [5, 5.41) is 32.9. The molecule has 2 saturated heterocycles. The highest BCUT2D eigenvalue weighted by Crippen LogP contribution is 2.72. The van der Waals surface area contributed by atoms with E-state index in [2.05, 4.69) is 95.8 Å². The number of allylic oxidation sites excluding steroid dienone is 5. The van der Waals surface area contributed by atoms with Gasteiger partial charge >= 0.3 is 11.9 Å². The number of rotatable bonds is 7. The van der Waals surface area contributed by atoms with Crippen molar-refractivity contribution in [3.63, 3.8) is 0 Å². The van der Waals surface area contributed by atoms with Gasteiger partial charge in [-0.1, -0.05) is 78.9 Å². The minimum absolute atomic E-state index is 0.0104. The number of carbonyl (C=O) groups excluding carboxylic acids is 2. The third kappa shape index (κ3) is 8.35. The number of esters is 2. The maximum atomic E-state index is 15.2. The summed E-state index contributed by atoms with van der Waals surface area (Å²) in [6.45, 7) is 2.54. The van der Waals surface area contributed by atoms with E-state index in [1.807, 2.05) is 30.3 Å². The van der Waals surface area contributed by atoms with E-state index in [1.165, 1.54) is 17.5 Å². The van der Waals surface area contributed by atoms with Gasteiger partial charge in [-0.2, -0.15) is 0 Å². The van der Waals surface area contributed by atoms with Crippen LogP contribution in [0.15, 0.2) is 137 Å². The molecule has 4 fully saturated rings. The van der Waals surface area contributed by atoms with Gasteiger partial charge < -0.3 is 35.6 Å². The van der Waals surface area contributed by atoms with Crippen LogP contribution in [0.4, 0.5) is 0 Å². The van der Waals surface area contributed by atoms with Gasteiger partial charge in [-0.3, -0.25) is 0 Å². The molecule has 368 valence electrons. The summed E-state index contributed by atoms with van der Waals surface area (Å²) in [6.07, 6.45) is 17.5. The molecule has 9 nitrogen and oxygen atoms in total. The van der Waals surface area contributed by atoms with Gasteiger partial charge in [-0.15, -0.1) is 0 Å². The molecule has 5 aliphatic carbocycles. The molecule has 9 unspecified atom stereocenters. The van der Waals surface area contributed by atoms with Crippen molar-refractivity contribution in [2.45, 2.75) is 103 Å². The second-order valence-corrected chi connectivity index (χ2v) is 22.4. The summed E-state index contributed by atoms with van der Waals surface area (Å²) in [5.74, 6) is 1.48. The minimum atomic E-state index is -0.930. The van der Waals surface area contributed by atoms with Crippen molar-refractivity contribution in [2.75, 3.05) is 26.7 Å². The molecule has 4 aromatic rings. The number of nitrogens with one attached hydrogen (secondary N) is 3. The number of benzene rings is 4. The van der Waals surface area contributed by atoms with E-state index in [0.717, 1.165) is 128 Å². The van der Waals surface area contributed by atoms with E-state index >= 15 is 4.79 Å². The Kier molecular flexibility index (Phi) is 12.5. The number of ether oxygens (including phenoxy) is 2. The van der Waals surface area contributed by atoms with Crippen molar-refractivity contribution < 1.29 is 29.3 Å². The molecule has 9 heteroatoms. The van der Waals surface area contributed by atoms with Crippen LogP contribution in [0.3, 0.4) is 0 Å². The number of hydrogen-bond donors (Lipinski definition) is 5. The first-order chi connectivity index (χ1) is 34.7. The summed E-state index contributed by atoms with van der Waals surface area (Å²) in [4.78, 5) is 30.1. The van der Waals surface area contributed by atoms with Gasteiger partial charge in [0.05, 0.1) is 17.2 Å². The lowest BCUT2D eigenvalue weighted by atomic mass is 9.44. The Balaban J connectivity index is 1.03. The number of fused-ring (bicyclic) bond motifs is 5. The van der Waals surface area contributed by atoms with Crippen LogP contribution in [0.25, 0.3) is 16.7 Å². The predicted molar refractivity (Wildman–Crippen MR) is 276 cm³/mol. The number of aliphatic hydroxyl groups excluding tert-OH is 1. The summed E-state index contributed by atoms with van der Waals surface area (Å²) < 4.78 is 13.3. The molecule has 9 atom stereocenters. The van der Waals surface area contributed by atoms with Gasteiger partial charge in [-0.25, -0.2) is 9.59 Å². The van der Waals surface area contributed by atoms with E-state index < -0.39 is 5.41 Å². The van der Waals surface area contributed by atoms with Crippen LogP contribution in [0.2, 0.25) is 0 Å². The fourth-order valence-corrected chi connectivity index (χ4v) is 15.5. The van der Waals surface area contributed by atoms with Crippen molar-refractivity contribution in [2.24, 2.45) is 46.3 Å². The van der Waals surface area contributed by atoms with Crippen LogP contribution < -0.4 is 16.0 Å². The minimum Gasteiger partial charge on any atom is -0.508 e. The van der Waals surface area contributed by atoms with E-state index in [0.29, 0.717) is 49.0 Å². The highest BCUT2D eigenvalue weighted by Gasteiger charge is 2.68. The van der Waals surface area contributed by atoms with Gasteiger partial charge in [0.1, 0.15) is 17.3 Å². The molecule has 0 aromatic heterocycles. The molecule has 5 heterocycles. The molecule has 14 bridgehead atoms. The molecule has 1 spiro atoms. The Morgan fingerprint density at radius 2 is 1.69 bits per heavy atom. The number of hydrogen-bond acceptors (Lipinski definition) is 9. The Morgan fingerprint density at radius 3 is 2.56 bits per heavy atom. The number of phenols is 1. The highest BCUT2D eigenvalue weighted by atomic mass is 16.6. The number of cyclic esters (lactones) is 1.